The molecule has 6 heteroatoms. The first-order valence-corrected chi connectivity index (χ1v) is 10.4. The predicted octanol–water partition coefficient (Wildman–Crippen LogP) is 2.20. The molecule has 0 spiro atoms. The summed E-state index contributed by atoms with van der Waals surface area (Å²) in [5.41, 5.74) is 2.19. The smallest absolute Gasteiger partial charge is 0.107 e. The molecule has 0 radical (unpaired) electrons. The molecule has 1 aromatic heterocycles. The molecule has 4 rings (SSSR count). The van der Waals surface area contributed by atoms with Gasteiger partial charge in [-0.2, -0.15) is 0 Å². The minimum absolute atomic E-state index is 0.160. The Balaban J connectivity index is 1.33. The molecule has 1 aromatic carbocycles. The molecule has 0 aliphatic carbocycles. The molecule has 5 nitrogen and oxygen atoms in total. The largest absolute Gasteiger partial charge is 0.393 e. The molecular formula is C20H27N3O2S. The van der Waals surface area contributed by atoms with Crippen LogP contribution in [0.5, 0.6) is 0 Å². The van der Waals surface area contributed by atoms with Crippen molar-refractivity contribution in [2.45, 2.75) is 44.1 Å². The average molecular weight is 374 g/mol. The molecule has 0 bridgehead atoms. The van der Waals surface area contributed by atoms with Crippen molar-refractivity contribution in [2.75, 3.05) is 26.2 Å². The summed E-state index contributed by atoms with van der Waals surface area (Å²) in [5, 5.41) is 23.6. The van der Waals surface area contributed by atoms with Gasteiger partial charge in [-0.25, -0.2) is 4.98 Å². The van der Waals surface area contributed by atoms with Crippen molar-refractivity contribution in [3.05, 3.63) is 40.7 Å². The highest BCUT2D eigenvalue weighted by molar-refractivity contribution is 7.09. The van der Waals surface area contributed by atoms with Crippen LogP contribution in [0.25, 0.3) is 11.3 Å². The van der Waals surface area contributed by atoms with Gasteiger partial charge >= 0.3 is 0 Å². The van der Waals surface area contributed by atoms with Crippen LogP contribution >= 0.6 is 11.3 Å². The Kier molecular flexibility index (Phi) is 5.66. The number of hydrogen-bond acceptors (Lipinski definition) is 6. The van der Waals surface area contributed by atoms with E-state index in [1.807, 2.05) is 18.2 Å². The minimum Gasteiger partial charge on any atom is -0.393 e. The highest BCUT2D eigenvalue weighted by Gasteiger charge is 2.33. The van der Waals surface area contributed by atoms with Gasteiger partial charge in [-0.05, 0) is 19.3 Å². The fourth-order valence-corrected chi connectivity index (χ4v) is 4.93. The van der Waals surface area contributed by atoms with Gasteiger partial charge < -0.3 is 10.2 Å². The van der Waals surface area contributed by atoms with Gasteiger partial charge in [-0.3, -0.25) is 9.80 Å². The number of piperidine rings is 2. The Labute approximate surface area is 158 Å². The lowest BCUT2D eigenvalue weighted by Crippen LogP contribution is -2.55. The molecule has 26 heavy (non-hydrogen) atoms. The van der Waals surface area contributed by atoms with Gasteiger partial charge in [0.15, 0.2) is 0 Å². The summed E-state index contributed by atoms with van der Waals surface area (Å²) in [5.74, 6) is 0. The van der Waals surface area contributed by atoms with Crippen LogP contribution in [-0.2, 0) is 6.54 Å². The van der Waals surface area contributed by atoms with Crippen LogP contribution in [0.4, 0.5) is 0 Å². The fraction of sp³-hybridized carbons (Fsp3) is 0.550. The van der Waals surface area contributed by atoms with Crippen LogP contribution in [-0.4, -0.2) is 69.4 Å². The molecule has 0 saturated carbocycles. The van der Waals surface area contributed by atoms with Crippen LogP contribution < -0.4 is 0 Å². The van der Waals surface area contributed by atoms with Crippen molar-refractivity contribution in [2.24, 2.45) is 0 Å². The van der Waals surface area contributed by atoms with E-state index < -0.39 is 0 Å². The van der Waals surface area contributed by atoms with Crippen LogP contribution in [0.2, 0.25) is 0 Å². The average Bonchev–Trinajstić information content (AvgIpc) is 3.12. The third-order valence-electron chi connectivity index (χ3n) is 5.58. The third kappa shape index (κ3) is 4.15. The molecule has 140 valence electrons. The van der Waals surface area contributed by atoms with Crippen molar-refractivity contribution < 1.29 is 10.2 Å². The number of nitrogens with zero attached hydrogens (tertiary/aromatic N) is 3. The minimum atomic E-state index is -0.326. The first-order chi connectivity index (χ1) is 12.7. The van der Waals surface area contributed by atoms with Crippen molar-refractivity contribution in [1.82, 2.24) is 14.8 Å². The number of rotatable bonds is 4. The lowest BCUT2D eigenvalue weighted by Gasteiger charge is -2.43. The second-order valence-corrected chi connectivity index (χ2v) is 8.36. The molecule has 2 saturated heterocycles. The van der Waals surface area contributed by atoms with Crippen molar-refractivity contribution in [3.63, 3.8) is 0 Å². The number of likely N-dealkylation sites (tertiary alicyclic amines) is 2. The van der Waals surface area contributed by atoms with E-state index in [1.54, 1.807) is 11.3 Å². The Bertz CT molecular complexity index is 700. The van der Waals surface area contributed by atoms with Crippen LogP contribution in [0.3, 0.4) is 0 Å². The molecule has 2 aliphatic rings. The van der Waals surface area contributed by atoms with Gasteiger partial charge in [0.2, 0.25) is 0 Å². The van der Waals surface area contributed by atoms with Crippen LogP contribution in [0, 0.1) is 0 Å². The Hall–Kier alpha value is -1.31. The summed E-state index contributed by atoms with van der Waals surface area (Å²) in [6.45, 7) is 4.29. The Morgan fingerprint density at radius 3 is 2.54 bits per heavy atom. The third-order valence-corrected chi connectivity index (χ3v) is 6.41. The van der Waals surface area contributed by atoms with E-state index >= 15 is 0 Å². The lowest BCUT2D eigenvalue weighted by molar-refractivity contribution is -0.0355. The van der Waals surface area contributed by atoms with E-state index in [1.165, 1.54) is 0 Å². The molecule has 3 heterocycles. The second-order valence-electron chi connectivity index (χ2n) is 7.42. The Morgan fingerprint density at radius 2 is 1.81 bits per heavy atom. The number of aliphatic hydroxyl groups is 2. The molecule has 0 unspecified atom stereocenters. The highest BCUT2D eigenvalue weighted by atomic mass is 32.1. The molecular weight excluding hydrogens is 346 g/mol. The molecule has 2 atom stereocenters. The van der Waals surface area contributed by atoms with Gasteiger partial charge in [0, 0.05) is 43.2 Å². The Morgan fingerprint density at radius 1 is 1.04 bits per heavy atom. The first-order valence-electron chi connectivity index (χ1n) is 9.51. The maximum Gasteiger partial charge on any atom is 0.107 e. The molecule has 0 amide bonds. The zero-order valence-electron chi connectivity index (χ0n) is 15.0. The van der Waals surface area contributed by atoms with Gasteiger partial charge in [0.05, 0.1) is 24.4 Å². The zero-order chi connectivity index (χ0) is 17.9. The second kappa shape index (κ2) is 8.15. The van der Waals surface area contributed by atoms with E-state index in [9.17, 15) is 10.2 Å². The van der Waals surface area contributed by atoms with Crippen LogP contribution in [0.1, 0.15) is 24.3 Å². The van der Waals surface area contributed by atoms with Crippen LogP contribution in [0.15, 0.2) is 35.7 Å². The normalized spacial score (nSPS) is 26.2. The SMILES string of the molecule is OC1CCN([C@@H]2CCN(Cc3nc(-c4ccccc4)cs3)C[C@H]2O)CC1. The number of β-amino-alcohol motifs (C(OH)–C–C–N with tert-alkyl or cyclic N) is 1. The van der Waals surface area contributed by atoms with Crippen molar-refractivity contribution in [3.8, 4) is 11.3 Å². The quantitative estimate of drug-likeness (QED) is 0.860. The summed E-state index contributed by atoms with van der Waals surface area (Å²) >= 11 is 1.70. The van der Waals surface area contributed by atoms with Gasteiger partial charge in [0.25, 0.3) is 0 Å². The van der Waals surface area contributed by atoms with E-state index in [0.29, 0.717) is 6.54 Å². The molecule has 2 N–H and O–H groups in total. The maximum atomic E-state index is 10.7. The van der Waals surface area contributed by atoms with E-state index in [4.69, 9.17) is 4.98 Å². The molecule has 2 aromatic rings. The van der Waals surface area contributed by atoms with Gasteiger partial charge in [-0.15, -0.1) is 11.3 Å². The number of aliphatic hydroxyl groups excluding tert-OH is 2. The monoisotopic (exact) mass is 373 g/mol. The van der Waals surface area contributed by atoms with Gasteiger partial charge in [-0.1, -0.05) is 30.3 Å². The zero-order valence-corrected chi connectivity index (χ0v) is 15.8. The number of hydrogen-bond donors (Lipinski definition) is 2. The first kappa shape index (κ1) is 18.1. The fourth-order valence-electron chi connectivity index (χ4n) is 4.09. The number of benzene rings is 1. The highest BCUT2D eigenvalue weighted by Crippen LogP contribution is 2.25. The lowest BCUT2D eigenvalue weighted by atomic mass is 9.97. The van der Waals surface area contributed by atoms with E-state index in [-0.39, 0.29) is 18.2 Å². The summed E-state index contributed by atoms with van der Waals surface area (Å²) in [7, 11) is 0. The molecule has 2 fully saturated rings. The predicted molar refractivity (Wildman–Crippen MR) is 104 cm³/mol. The summed E-state index contributed by atoms with van der Waals surface area (Å²) in [4.78, 5) is 9.45. The number of thiazole rings is 1. The van der Waals surface area contributed by atoms with Gasteiger partial charge in [0.1, 0.15) is 5.01 Å². The molecule has 2 aliphatic heterocycles. The summed E-state index contributed by atoms with van der Waals surface area (Å²) in [6, 6.07) is 10.5. The summed E-state index contributed by atoms with van der Waals surface area (Å²) < 4.78 is 0. The van der Waals surface area contributed by atoms with Crippen molar-refractivity contribution in [1.29, 1.82) is 0 Å². The summed E-state index contributed by atoms with van der Waals surface area (Å²) in [6.07, 6.45) is 2.15. The van der Waals surface area contributed by atoms with E-state index in [2.05, 4.69) is 27.3 Å². The van der Waals surface area contributed by atoms with E-state index in [0.717, 1.165) is 61.7 Å². The maximum absolute atomic E-state index is 10.7. The standard InChI is InChI=1S/C20H27N3O2S/c24-16-6-10-23(11-7-16)18-8-9-22(12-19(18)25)13-20-21-17(14-26-20)15-4-2-1-3-5-15/h1-5,14,16,18-19,24-25H,6-13H2/t18-,19-/m1/s1. The number of aromatic nitrogens is 1. The topological polar surface area (TPSA) is 59.8 Å². The van der Waals surface area contributed by atoms with Crippen molar-refractivity contribution >= 4 is 11.3 Å².